The molecule has 0 radical (unpaired) electrons. The number of hydrogen-bond donors (Lipinski definition) is 3. The van der Waals surface area contributed by atoms with Crippen molar-refractivity contribution in [1.82, 2.24) is 15.3 Å². The minimum absolute atomic E-state index is 0.0855. The number of benzene rings is 2. The lowest BCUT2D eigenvalue weighted by molar-refractivity contribution is -0.118. The molecule has 1 aromatic heterocycles. The number of carbonyl (C=O) groups is 2. The zero-order chi connectivity index (χ0) is 25.7. The normalized spacial score (nSPS) is 13.1. The molecule has 9 nitrogen and oxygen atoms in total. The largest absolute Gasteiger partial charge is 0.383 e. The van der Waals surface area contributed by atoms with Gasteiger partial charge in [0.2, 0.25) is 11.9 Å². The molecular weight excluding hydrogens is 480 g/mol. The quantitative estimate of drug-likeness (QED) is 0.408. The first-order valence-electron chi connectivity index (χ1n) is 11.7. The summed E-state index contributed by atoms with van der Waals surface area (Å²) in [4.78, 5) is 35.7. The molecule has 2 amide bonds. The molecule has 0 unspecified atom stereocenters. The lowest BCUT2D eigenvalue weighted by atomic mass is 10.1. The first-order chi connectivity index (χ1) is 17.4. The summed E-state index contributed by atoms with van der Waals surface area (Å²) in [7, 11) is 3.21. The van der Waals surface area contributed by atoms with Gasteiger partial charge in [-0.2, -0.15) is 4.98 Å². The number of aromatic nitrogens is 2. The van der Waals surface area contributed by atoms with E-state index in [1.807, 2.05) is 37.3 Å². The molecule has 1 aliphatic rings. The fraction of sp³-hybridized carbons (Fsp3) is 0.308. The number of nitrogens with zero attached hydrogens (tertiary/aromatic N) is 3. The molecule has 36 heavy (non-hydrogen) atoms. The van der Waals surface area contributed by atoms with E-state index in [-0.39, 0.29) is 11.8 Å². The van der Waals surface area contributed by atoms with E-state index in [2.05, 4.69) is 25.9 Å². The van der Waals surface area contributed by atoms with Crippen molar-refractivity contribution in [2.24, 2.45) is 0 Å². The van der Waals surface area contributed by atoms with Gasteiger partial charge in [0.25, 0.3) is 5.91 Å². The molecule has 4 rings (SSSR count). The van der Waals surface area contributed by atoms with Gasteiger partial charge in [-0.1, -0.05) is 29.8 Å². The molecule has 0 atom stereocenters. The number of carbonyl (C=O) groups excluding carboxylic acids is 2. The Morgan fingerprint density at radius 2 is 2.03 bits per heavy atom. The van der Waals surface area contributed by atoms with E-state index >= 15 is 0 Å². The number of para-hydroxylation sites is 1. The molecule has 0 bridgehead atoms. The summed E-state index contributed by atoms with van der Waals surface area (Å²) < 4.78 is 5.21. The highest BCUT2D eigenvalue weighted by molar-refractivity contribution is 6.33. The highest BCUT2D eigenvalue weighted by Crippen LogP contribution is 2.32. The Balaban J connectivity index is 1.62. The molecular formula is C26H29ClN6O3. The molecule has 2 aromatic carbocycles. The molecule has 3 aromatic rings. The van der Waals surface area contributed by atoms with Crippen molar-refractivity contribution in [1.29, 1.82) is 0 Å². The van der Waals surface area contributed by atoms with E-state index in [1.165, 1.54) is 6.20 Å². The van der Waals surface area contributed by atoms with Gasteiger partial charge in [0, 0.05) is 38.5 Å². The van der Waals surface area contributed by atoms with Crippen molar-refractivity contribution in [3.63, 3.8) is 0 Å². The summed E-state index contributed by atoms with van der Waals surface area (Å²) in [5, 5.41) is 9.37. The van der Waals surface area contributed by atoms with Gasteiger partial charge in [0.05, 0.1) is 24.1 Å². The van der Waals surface area contributed by atoms with Crippen LogP contribution >= 0.6 is 11.6 Å². The second kappa shape index (κ2) is 11.4. The standard InChI is InChI=1S/C26H29ClN6O3/c1-16-6-4-8-19(25(35)28-2)23(16)31-24-20(27)15-29-26(32-24)30-18-11-10-17-7-5-9-22(34)33(12-13-36-3)21(17)14-18/h4,6,8,10-11,14-15H,5,7,9,12-13H2,1-3H3,(H,28,35)(H2,29,30,31,32). The molecule has 0 spiro atoms. The second-order valence-corrected chi connectivity index (χ2v) is 8.86. The van der Waals surface area contributed by atoms with Crippen LogP contribution in [0, 0.1) is 6.92 Å². The second-order valence-electron chi connectivity index (χ2n) is 8.45. The van der Waals surface area contributed by atoms with E-state index in [1.54, 1.807) is 25.1 Å². The van der Waals surface area contributed by atoms with Crippen LogP contribution in [0.25, 0.3) is 0 Å². The number of fused-ring (bicyclic) bond motifs is 1. The molecule has 1 aliphatic heterocycles. The minimum atomic E-state index is -0.220. The maximum absolute atomic E-state index is 12.7. The van der Waals surface area contributed by atoms with Crippen molar-refractivity contribution in [2.45, 2.75) is 26.2 Å². The van der Waals surface area contributed by atoms with Crippen molar-refractivity contribution in [3.05, 3.63) is 64.3 Å². The smallest absolute Gasteiger partial charge is 0.253 e. The van der Waals surface area contributed by atoms with Gasteiger partial charge in [0.15, 0.2) is 5.82 Å². The average Bonchev–Trinajstić information content (AvgIpc) is 3.03. The van der Waals surface area contributed by atoms with Crippen LogP contribution in [0.5, 0.6) is 0 Å². The van der Waals surface area contributed by atoms with Gasteiger partial charge in [-0.3, -0.25) is 9.59 Å². The summed E-state index contributed by atoms with van der Waals surface area (Å²) in [5.74, 6) is 0.546. The number of methoxy groups -OCH3 is 1. The minimum Gasteiger partial charge on any atom is -0.383 e. The average molecular weight is 509 g/mol. The van der Waals surface area contributed by atoms with Crippen LogP contribution in [0.15, 0.2) is 42.6 Å². The summed E-state index contributed by atoms with van der Waals surface area (Å²) >= 11 is 6.39. The first kappa shape index (κ1) is 25.4. The van der Waals surface area contributed by atoms with Crippen LogP contribution in [-0.4, -0.2) is 49.1 Å². The number of nitrogens with one attached hydrogen (secondary N) is 3. The lowest BCUT2D eigenvalue weighted by Gasteiger charge is -2.23. The topological polar surface area (TPSA) is 108 Å². The third kappa shape index (κ3) is 5.58. The Morgan fingerprint density at radius 1 is 1.19 bits per heavy atom. The van der Waals surface area contributed by atoms with Crippen LogP contribution in [0.3, 0.4) is 0 Å². The zero-order valence-electron chi connectivity index (χ0n) is 20.5. The van der Waals surface area contributed by atoms with Gasteiger partial charge >= 0.3 is 0 Å². The van der Waals surface area contributed by atoms with E-state index in [9.17, 15) is 9.59 Å². The molecule has 0 fully saturated rings. The van der Waals surface area contributed by atoms with Gasteiger partial charge < -0.3 is 25.6 Å². The number of ether oxygens (including phenoxy) is 1. The number of amides is 2. The Kier molecular flexibility index (Phi) is 8.02. The van der Waals surface area contributed by atoms with E-state index in [0.29, 0.717) is 47.6 Å². The lowest BCUT2D eigenvalue weighted by Crippen LogP contribution is -2.33. The predicted molar refractivity (Wildman–Crippen MR) is 142 cm³/mol. The fourth-order valence-electron chi connectivity index (χ4n) is 4.15. The van der Waals surface area contributed by atoms with Crippen molar-refractivity contribution in [3.8, 4) is 0 Å². The van der Waals surface area contributed by atoms with E-state index in [4.69, 9.17) is 16.3 Å². The number of hydrogen-bond acceptors (Lipinski definition) is 7. The molecule has 0 aliphatic carbocycles. The predicted octanol–water partition coefficient (Wildman–Crippen LogP) is 4.60. The Hall–Kier alpha value is -3.69. The van der Waals surface area contributed by atoms with E-state index in [0.717, 1.165) is 35.3 Å². The van der Waals surface area contributed by atoms with Gasteiger partial charge in [-0.15, -0.1) is 0 Å². The van der Waals surface area contributed by atoms with Crippen LogP contribution in [0.2, 0.25) is 5.02 Å². The van der Waals surface area contributed by atoms with Crippen LogP contribution < -0.4 is 20.9 Å². The summed E-state index contributed by atoms with van der Waals surface area (Å²) in [6.07, 6.45) is 3.65. The summed E-state index contributed by atoms with van der Waals surface area (Å²) in [6, 6.07) is 11.3. The van der Waals surface area contributed by atoms with Crippen LogP contribution in [-0.2, 0) is 16.0 Å². The zero-order valence-corrected chi connectivity index (χ0v) is 21.3. The Bertz CT molecular complexity index is 1280. The molecule has 2 heterocycles. The monoisotopic (exact) mass is 508 g/mol. The summed E-state index contributed by atoms with van der Waals surface area (Å²) in [5.41, 5.74) is 4.67. The SMILES string of the molecule is CNC(=O)c1cccc(C)c1Nc1nc(Nc2ccc3c(c2)N(CCOC)C(=O)CCC3)ncc1Cl. The number of halogens is 1. The fourth-order valence-corrected chi connectivity index (χ4v) is 4.29. The van der Waals surface area contributed by atoms with Gasteiger partial charge in [0.1, 0.15) is 5.02 Å². The van der Waals surface area contributed by atoms with Gasteiger partial charge in [-0.05, 0) is 49.1 Å². The number of aryl methyl sites for hydroxylation is 2. The first-order valence-corrected chi connectivity index (χ1v) is 12.1. The highest BCUT2D eigenvalue weighted by Gasteiger charge is 2.22. The Labute approximate surface area is 215 Å². The van der Waals surface area contributed by atoms with Crippen LogP contribution in [0.1, 0.15) is 34.3 Å². The van der Waals surface area contributed by atoms with Crippen LogP contribution in [0.4, 0.5) is 28.8 Å². The molecule has 10 heteroatoms. The third-order valence-electron chi connectivity index (χ3n) is 6.02. The number of anilines is 5. The van der Waals surface area contributed by atoms with Crippen molar-refractivity contribution < 1.29 is 14.3 Å². The number of rotatable bonds is 8. The van der Waals surface area contributed by atoms with Crippen molar-refractivity contribution >= 4 is 52.2 Å². The summed E-state index contributed by atoms with van der Waals surface area (Å²) in [6.45, 7) is 2.84. The molecule has 0 saturated heterocycles. The highest BCUT2D eigenvalue weighted by atomic mass is 35.5. The maximum Gasteiger partial charge on any atom is 0.253 e. The molecule has 188 valence electrons. The molecule has 3 N–H and O–H groups in total. The van der Waals surface area contributed by atoms with Gasteiger partial charge in [-0.25, -0.2) is 4.98 Å². The van der Waals surface area contributed by atoms with E-state index < -0.39 is 0 Å². The Morgan fingerprint density at radius 3 is 2.81 bits per heavy atom. The molecule has 0 saturated carbocycles. The van der Waals surface area contributed by atoms with Crippen molar-refractivity contribution in [2.75, 3.05) is 42.8 Å². The third-order valence-corrected chi connectivity index (χ3v) is 6.30. The maximum atomic E-state index is 12.7.